The van der Waals surface area contributed by atoms with Crippen LogP contribution in [0.5, 0.6) is 0 Å². The number of imidazole rings is 1. The molecule has 3 rings (SSSR count). The van der Waals surface area contributed by atoms with Gasteiger partial charge in [0.1, 0.15) is 0 Å². The van der Waals surface area contributed by atoms with Crippen LogP contribution in [-0.4, -0.2) is 35.5 Å². The van der Waals surface area contributed by atoms with Crippen LogP contribution in [-0.2, 0) is 6.42 Å². The normalized spacial score (nSPS) is 18.1. The van der Waals surface area contributed by atoms with Gasteiger partial charge in [-0.25, -0.2) is 4.98 Å². The van der Waals surface area contributed by atoms with Crippen LogP contribution in [0.15, 0.2) is 36.8 Å². The van der Waals surface area contributed by atoms with E-state index >= 15 is 0 Å². The number of nitrogens with zero attached hydrogens (tertiary/aromatic N) is 1. The molecule has 1 aliphatic heterocycles. The van der Waals surface area contributed by atoms with Gasteiger partial charge in [0, 0.05) is 37.0 Å². The topological polar surface area (TPSA) is 69.8 Å². The summed E-state index contributed by atoms with van der Waals surface area (Å²) < 4.78 is 0. The highest BCUT2D eigenvalue weighted by Crippen LogP contribution is 2.23. The number of nitrogens with one attached hydrogen (secondary N) is 3. The summed E-state index contributed by atoms with van der Waals surface area (Å²) in [6.07, 6.45) is 6.59. The lowest BCUT2D eigenvalue weighted by molar-refractivity contribution is 0.0954. The number of H-pyrrole nitrogens is 1. The Hall–Kier alpha value is -2.14. The van der Waals surface area contributed by atoms with Crippen molar-refractivity contribution >= 4 is 5.91 Å². The molecule has 1 aromatic carbocycles. The Morgan fingerprint density at radius 3 is 3.14 bits per heavy atom. The van der Waals surface area contributed by atoms with Crippen molar-refractivity contribution < 1.29 is 4.79 Å². The molecule has 116 valence electrons. The molecule has 0 aliphatic carbocycles. The monoisotopic (exact) mass is 298 g/mol. The van der Waals surface area contributed by atoms with Gasteiger partial charge in [-0.05, 0) is 43.0 Å². The van der Waals surface area contributed by atoms with E-state index in [0.29, 0.717) is 12.5 Å². The van der Waals surface area contributed by atoms with Crippen LogP contribution < -0.4 is 10.6 Å². The third-order valence-corrected chi connectivity index (χ3v) is 4.15. The molecule has 5 heteroatoms. The minimum atomic E-state index is -0.00914. The summed E-state index contributed by atoms with van der Waals surface area (Å²) in [5.41, 5.74) is 3.03. The minimum Gasteiger partial charge on any atom is -0.352 e. The lowest BCUT2D eigenvalue weighted by Gasteiger charge is -2.23. The number of hydrogen-bond acceptors (Lipinski definition) is 3. The highest BCUT2D eigenvalue weighted by molar-refractivity contribution is 5.94. The van der Waals surface area contributed by atoms with Gasteiger partial charge in [0.2, 0.25) is 0 Å². The Balaban J connectivity index is 1.57. The van der Waals surface area contributed by atoms with E-state index in [1.165, 1.54) is 18.4 Å². The van der Waals surface area contributed by atoms with Gasteiger partial charge in [0.05, 0.1) is 6.33 Å². The van der Waals surface area contributed by atoms with Crippen LogP contribution >= 0.6 is 0 Å². The number of carbonyl (C=O) groups excluding carboxylic acids is 1. The summed E-state index contributed by atoms with van der Waals surface area (Å²) in [7, 11) is 0. The Morgan fingerprint density at radius 1 is 1.41 bits per heavy atom. The second-order valence-corrected chi connectivity index (χ2v) is 5.75. The van der Waals surface area contributed by atoms with Crippen molar-refractivity contribution in [1.82, 2.24) is 20.6 Å². The number of rotatable bonds is 5. The Bertz CT molecular complexity index is 603. The predicted molar refractivity (Wildman–Crippen MR) is 85.9 cm³/mol. The number of hydrogen-bond donors (Lipinski definition) is 3. The van der Waals surface area contributed by atoms with E-state index in [2.05, 4.69) is 26.7 Å². The fraction of sp³-hybridized carbons (Fsp3) is 0.412. The van der Waals surface area contributed by atoms with Crippen molar-refractivity contribution in [3.8, 4) is 0 Å². The van der Waals surface area contributed by atoms with E-state index in [-0.39, 0.29) is 5.91 Å². The van der Waals surface area contributed by atoms with Gasteiger partial charge in [-0.2, -0.15) is 0 Å². The molecule has 1 aliphatic rings. The van der Waals surface area contributed by atoms with E-state index in [1.54, 1.807) is 12.5 Å². The van der Waals surface area contributed by atoms with Crippen LogP contribution in [0.2, 0.25) is 0 Å². The molecule has 1 fully saturated rings. The third kappa shape index (κ3) is 3.74. The number of aromatic nitrogens is 2. The molecule has 22 heavy (non-hydrogen) atoms. The second kappa shape index (κ2) is 7.22. The molecular weight excluding hydrogens is 276 g/mol. The first-order valence-corrected chi connectivity index (χ1v) is 7.89. The summed E-state index contributed by atoms with van der Waals surface area (Å²) >= 11 is 0. The van der Waals surface area contributed by atoms with E-state index in [1.807, 2.05) is 18.2 Å². The van der Waals surface area contributed by atoms with Crippen molar-refractivity contribution in [3.05, 3.63) is 53.6 Å². The SMILES string of the molecule is O=C(NCCc1cnc[nH]1)c1cccc([C@H]2CCCNC2)c1. The largest absolute Gasteiger partial charge is 0.352 e. The van der Waals surface area contributed by atoms with Crippen LogP contribution in [0.4, 0.5) is 0 Å². The number of aromatic amines is 1. The predicted octanol–water partition coefficient (Wildman–Crippen LogP) is 1.85. The smallest absolute Gasteiger partial charge is 0.251 e. The van der Waals surface area contributed by atoms with Crippen molar-refractivity contribution in [2.24, 2.45) is 0 Å². The van der Waals surface area contributed by atoms with E-state index in [0.717, 1.165) is 30.8 Å². The average molecular weight is 298 g/mol. The highest BCUT2D eigenvalue weighted by Gasteiger charge is 2.16. The highest BCUT2D eigenvalue weighted by atomic mass is 16.1. The fourth-order valence-corrected chi connectivity index (χ4v) is 2.90. The van der Waals surface area contributed by atoms with Crippen LogP contribution in [0, 0.1) is 0 Å². The molecule has 1 atom stereocenters. The first-order valence-electron chi connectivity index (χ1n) is 7.89. The first kappa shape index (κ1) is 14.8. The van der Waals surface area contributed by atoms with Gasteiger partial charge >= 0.3 is 0 Å². The maximum absolute atomic E-state index is 12.3. The summed E-state index contributed by atoms with van der Waals surface area (Å²) in [6.45, 7) is 2.71. The number of benzene rings is 1. The van der Waals surface area contributed by atoms with Crippen molar-refractivity contribution in [2.75, 3.05) is 19.6 Å². The van der Waals surface area contributed by atoms with Gasteiger partial charge in [-0.1, -0.05) is 12.1 Å². The molecule has 0 saturated carbocycles. The van der Waals surface area contributed by atoms with Gasteiger partial charge in [0.25, 0.3) is 5.91 Å². The molecule has 1 saturated heterocycles. The maximum Gasteiger partial charge on any atom is 0.251 e. The average Bonchev–Trinajstić information content (AvgIpc) is 3.09. The Labute approximate surface area is 130 Å². The Kier molecular flexibility index (Phi) is 4.85. The lowest BCUT2D eigenvalue weighted by atomic mass is 9.90. The molecule has 0 radical (unpaired) electrons. The van der Waals surface area contributed by atoms with Crippen molar-refractivity contribution in [1.29, 1.82) is 0 Å². The van der Waals surface area contributed by atoms with Crippen LogP contribution in [0.3, 0.4) is 0 Å². The number of piperidine rings is 1. The molecular formula is C17H22N4O. The van der Waals surface area contributed by atoms with E-state index in [4.69, 9.17) is 0 Å². The van der Waals surface area contributed by atoms with Crippen LogP contribution in [0.25, 0.3) is 0 Å². The summed E-state index contributed by atoms with van der Waals surface area (Å²) in [5.74, 6) is 0.511. The third-order valence-electron chi connectivity index (χ3n) is 4.15. The standard InChI is InChI=1S/C17H22N4O/c22-17(20-8-6-16-11-19-12-21-16)14-4-1-3-13(9-14)15-5-2-7-18-10-15/h1,3-4,9,11-12,15,18H,2,5-8,10H2,(H,19,21)(H,20,22)/t15-/m0/s1. The van der Waals surface area contributed by atoms with Gasteiger partial charge < -0.3 is 15.6 Å². The molecule has 5 nitrogen and oxygen atoms in total. The Morgan fingerprint density at radius 2 is 2.36 bits per heavy atom. The molecule has 3 N–H and O–H groups in total. The minimum absolute atomic E-state index is 0.00914. The molecule has 0 unspecified atom stereocenters. The van der Waals surface area contributed by atoms with E-state index < -0.39 is 0 Å². The first-order chi connectivity index (χ1) is 10.8. The molecule has 0 spiro atoms. The molecule has 2 heterocycles. The zero-order valence-corrected chi connectivity index (χ0v) is 12.6. The second-order valence-electron chi connectivity index (χ2n) is 5.75. The zero-order valence-electron chi connectivity index (χ0n) is 12.6. The summed E-state index contributed by atoms with van der Waals surface area (Å²) in [6, 6.07) is 8.02. The summed E-state index contributed by atoms with van der Waals surface area (Å²) in [5, 5.41) is 6.39. The molecule has 2 aromatic rings. The molecule has 0 bridgehead atoms. The van der Waals surface area contributed by atoms with Gasteiger partial charge in [0.15, 0.2) is 0 Å². The quantitative estimate of drug-likeness (QED) is 0.789. The summed E-state index contributed by atoms with van der Waals surface area (Å²) in [4.78, 5) is 19.3. The lowest BCUT2D eigenvalue weighted by Crippen LogP contribution is -2.29. The fourth-order valence-electron chi connectivity index (χ4n) is 2.90. The molecule has 1 amide bonds. The molecule has 1 aromatic heterocycles. The van der Waals surface area contributed by atoms with Crippen LogP contribution in [0.1, 0.15) is 40.4 Å². The van der Waals surface area contributed by atoms with Crippen molar-refractivity contribution in [2.45, 2.75) is 25.2 Å². The van der Waals surface area contributed by atoms with E-state index in [9.17, 15) is 4.79 Å². The maximum atomic E-state index is 12.3. The van der Waals surface area contributed by atoms with Gasteiger partial charge in [-0.15, -0.1) is 0 Å². The van der Waals surface area contributed by atoms with Crippen molar-refractivity contribution in [3.63, 3.8) is 0 Å². The number of amides is 1. The van der Waals surface area contributed by atoms with Gasteiger partial charge in [-0.3, -0.25) is 4.79 Å². The number of carbonyl (C=O) groups is 1. The zero-order chi connectivity index (χ0) is 15.2.